The average molecular weight is 429 g/mol. The number of carbonyl (C=O) groups is 1. The number of nitrogens with one attached hydrogen (secondary N) is 1. The molecule has 0 amide bonds. The summed E-state index contributed by atoms with van der Waals surface area (Å²) in [6.45, 7) is 1.92. The SMILES string of the molecule is Cc1cccc(N/C=C2/C(=O)c3sccc3N(Cc3ccc(F)cc3)S2(=O)=O)c1. The standard InChI is InChI=1S/C21H17FN2O3S2/c1-14-3-2-4-17(11-14)23-12-19-20(25)21-18(9-10-28-21)24(29(19,26)27)13-15-5-7-16(22)8-6-15/h2-12,23H,13H2,1H3/b19-12-. The first-order valence-electron chi connectivity index (χ1n) is 8.79. The molecule has 0 spiro atoms. The Hall–Kier alpha value is -2.97. The van der Waals surface area contributed by atoms with Gasteiger partial charge >= 0.3 is 0 Å². The lowest BCUT2D eigenvalue weighted by atomic mass is 10.2. The van der Waals surface area contributed by atoms with E-state index >= 15 is 0 Å². The molecule has 0 saturated heterocycles. The normalized spacial score (nSPS) is 16.7. The van der Waals surface area contributed by atoms with Crippen LogP contribution in [0.15, 0.2) is 71.1 Å². The summed E-state index contributed by atoms with van der Waals surface area (Å²) in [6.07, 6.45) is 1.24. The third-order valence-electron chi connectivity index (χ3n) is 4.54. The van der Waals surface area contributed by atoms with Crippen LogP contribution in [-0.4, -0.2) is 14.2 Å². The number of hydrogen-bond donors (Lipinski definition) is 1. The van der Waals surface area contributed by atoms with Crippen LogP contribution in [0.5, 0.6) is 0 Å². The minimum Gasteiger partial charge on any atom is -0.360 e. The van der Waals surface area contributed by atoms with Crippen molar-refractivity contribution in [1.29, 1.82) is 0 Å². The van der Waals surface area contributed by atoms with E-state index in [0.29, 0.717) is 21.8 Å². The maximum atomic E-state index is 13.3. The first-order valence-corrected chi connectivity index (χ1v) is 11.1. The first-order chi connectivity index (χ1) is 13.9. The van der Waals surface area contributed by atoms with Crippen molar-refractivity contribution in [2.24, 2.45) is 0 Å². The molecule has 1 N–H and O–H groups in total. The number of allylic oxidation sites excluding steroid dienone is 1. The lowest BCUT2D eigenvalue weighted by Gasteiger charge is -2.29. The van der Waals surface area contributed by atoms with E-state index in [9.17, 15) is 17.6 Å². The third kappa shape index (κ3) is 3.68. The fourth-order valence-electron chi connectivity index (χ4n) is 3.10. The van der Waals surface area contributed by atoms with Crippen molar-refractivity contribution in [2.45, 2.75) is 13.5 Å². The molecular weight excluding hydrogens is 411 g/mol. The van der Waals surface area contributed by atoms with Crippen molar-refractivity contribution in [1.82, 2.24) is 0 Å². The number of hydrogen-bond acceptors (Lipinski definition) is 5. The van der Waals surface area contributed by atoms with Gasteiger partial charge in [-0.25, -0.2) is 12.8 Å². The highest BCUT2D eigenvalue weighted by atomic mass is 32.2. The van der Waals surface area contributed by atoms with Crippen molar-refractivity contribution in [3.8, 4) is 0 Å². The molecule has 3 aromatic rings. The smallest absolute Gasteiger partial charge is 0.270 e. The van der Waals surface area contributed by atoms with Crippen molar-refractivity contribution in [3.05, 3.63) is 92.9 Å². The van der Waals surface area contributed by atoms with E-state index in [2.05, 4.69) is 5.32 Å². The second-order valence-electron chi connectivity index (χ2n) is 6.62. The fourth-order valence-corrected chi connectivity index (χ4v) is 5.58. The molecule has 0 unspecified atom stereocenters. The van der Waals surface area contributed by atoms with Crippen molar-refractivity contribution >= 4 is 38.5 Å². The Morgan fingerprint density at radius 3 is 2.62 bits per heavy atom. The number of carbonyl (C=O) groups excluding carboxylic acids is 1. The van der Waals surface area contributed by atoms with Crippen LogP contribution >= 0.6 is 11.3 Å². The number of anilines is 2. The molecule has 0 radical (unpaired) electrons. The van der Waals surface area contributed by atoms with E-state index in [-0.39, 0.29) is 11.4 Å². The number of fused-ring (bicyclic) bond motifs is 1. The molecule has 2 heterocycles. The van der Waals surface area contributed by atoms with Crippen LogP contribution in [0.3, 0.4) is 0 Å². The van der Waals surface area contributed by atoms with Crippen molar-refractivity contribution < 1.29 is 17.6 Å². The summed E-state index contributed by atoms with van der Waals surface area (Å²) < 4.78 is 41.0. The number of thiophene rings is 1. The predicted molar refractivity (Wildman–Crippen MR) is 113 cm³/mol. The van der Waals surface area contributed by atoms with Crippen LogP contribution < -0.4 is 9.62 Å². The summed E-state index contributed by atoms with van der Waals surface area (Å²) >= 11 is 1.19. The van der Waals surface area contributed by atoms with Gasteiger partial charge in [-0.3, -0.25) is 9.10 Å². The van der Waals surface area contributed by atoms with Gasteiger partial charge in [0.05, 0.1) is 12.2 Å². The number of Topliss-reactive ketones (excluding diaryl/α,β-unsaturated/α-hetero) is 1. The molecule has 5 nitrogen and oxygen atoms in total. The number of halogens is 1. The molecule has 1 aromatic heterocycles. The number of sulfonamides is 1. The van der Waals surface area contributed by atoms with E-state index in [1.807, 2.05) is 25.1 Å². The van der Waals surface area contributed by atoms with Gasteiger partial charge in [-0.2, -0.15) is 0 Å². The van der Waals surface area contributed by atoms with Gasteiger partial charge in [0.2, 0.25) is 5.78 Å². The van der Waals surface area contributed by atoms with E-state index in [1.165, 1.54) is 46.1 Å². The van der Waals surface area contributed by atoms with Crippen LogP contribution in [0.25, 0.3) is 0 Å². The maximum Gasteiger partial charge on any atom is 0.270 e. The molecular formula is C21H17FN2O3S2. The highest BCUT2D eigenvalue weighted by Gasteiger charge is 2.41. The molecule has 8 heteroatoms. The van der Waals surface area contributed by atoms with E-state index in [4.69, 9.17) is 0 Å². The van der Waals surface area contributed by atoms with Gasteiger partial charge in [-0.15, -0.1) is 11.3 Å². The summed E-state index contributed by atoms with van der Waals surface area (Å²) in [5.41, 5.74) is 2.65. The summed E-state index contributed by atoms with van der Waals surface area (Å²) in [5.74, 6) is -0.935. The molecule has 0 aliphatic carbocycles. The van der Waals surface area contributed by atoms with Gasteiger partial charge in [0.25, 0.3) is 10.0 Å². The minimum atomic E-state index is -4.09. The lowest BCUT2D eigenvalue weighted by molar-refractivity contribution is 0.104. The topological polar surface area (TPSA) is 66.5 Å². The van der Waals surface area contributed by atoms with Crippen LogP contribution in [0.1, 0.15) is 20.8 Å². The Kier molecular flexibility index (Phi) is 4.97. The van der Waals surface area contributed by atoms with E-state index < -0.39 is 21.6 Å². The molecule has 148 valence electrons. The second-order valence-corrected chi connectivity index (χ2v) is 9.37. The third-order valence-corrected chi connectivity index (χ3v) is 7.21. The van der Waals surface area contributed by atoms with Crippen LogP contribution in [0.4, 0.5) is 15.8 Å². The molecule has 0 atom stereocenters. The number of benzene rings is 2. The lowest BCUT2D eigenvalue weighted by Crippen LogP contribution is -2.38. The molecule has 2 aromatic carbocycles. The Morgan fingerprint density at radius 2 is 1.90 bits per heavy atom. The van der Waals surface area contributed by atoms with Gasteiger partial charge < -0.3 is 5.32 Å². The van der Waals surface area contributed by atoms with Gasteiger partial charge in [0.1, 0.15) is 10.7 Å². The largest absolute Gasteiger partial charge is 0.360 e. The Balaban J connectivity index is 1.74. The Morgan fingerprint density at radius 1 is 1.14 bits per heavy atom. The molecule has 1 aliphatic heterocycles. The molecule has 0 bridgehead atoms. The Labute approximate surface area is 172 Å². The minimum absolute atomic E-state index is 0.00140. The zero-order valence-electron chi connectivity index (χ0n) is 15.4. The summed E-state index contributed by atoms with van der Waals surface area (Å²) in [4.78, 5) is 12.9. The van der Waals surface area contributed by atoms with E-state index in [1.54, 1.807) is 17.5 Å². The number of nitrogens with zero attached hydrogens (tertiary/aromatic N) is 1. The zero-order valence-corrected chi connectivity index (χ0v) is 17.1. The predicted octanol–water partition coefficient (Wildman–Crippen LogP) is 4.68. The molecule has 0 fully saturated rings. The summed E-state index contributed by atoms with van der Waals surface area (Å²) in [6, 6.07) is 14.6. The highest BCUT2D eigenvalue weighted by molar-refractivity contribution is 7.97. The summed E-state index contributed by atoms with van der Waals surface area (Å²) in [7, 11) is -4.09. The highest BCUT2D eigenvalue weighted by Crippen LogP contribution is 2.39. The zero-order chi connectivity index (χ0) is 20.6. The Bertz CT molecular complexity index is 1210. The molecule has 4 rings (SSSR count). The molecule has 1 aliphatic rings. The second kappa shape index (κ2) is 7.46. The van der Waals surface area contributed by atoms with Crippen LogP contribution in [-0.2, 0) is 16.6 Å². The summed E-state index contributed by atoms with van der Waals surface area (Å²) in [5, 5.41) is 4.61. The van der Waals surface area contributed by atoms with Gasteiger partial charge in [-0.05, 0) is 53.8 Å². The van der Waals surface area contributed by atoms with Crippen LogP contribution in [0, 0.1) is 12.7 Å². The van der Waals surface area contributed by atoms with Crippen LogP contribution in [0.2, 0.25) is 0 Å². The maximum absolute atomic E-state index is 13.3. The van der Waals surface area contributed by atoms with Gasteiger partial charge in [0, 0.05) is 11.9 Å². The first kappa shape index (κ1) is 19.4. The van der Waals surface area contributed by atoms with Gasteiger partial charge in [0.15, 0.2) is 4.91 Å². The quantitative estimate of drug-likeness (QED) is 0.613. The average Bonchev–Trinajstić information content (AvgIpc) is 3.16. The number of rotatable bonds is 4. The monoisotopic (exact) mass is 428 g/mol. The molecule has 29 heavy (non-hydrogen) atoms. The number of aryl methyl sites for hydroxylation is 1. The fraction of sp³-hybridized carbons (Fsp3) is 0.0952. The van der Waals surface area contributed by atoms with Gasteiger partial charge in [-0.1, -0.05) is 24.3 Å². The van der Waals surface area contributed by atoms with Crippen molar-refractivity contribution in [2.75, 3.05) is 9.62 Å². The number of ketones is 1. The molecule has 0 saturated carbocycles. The van der Waals surface area contributed by atoms with Crippen molar-refractivity contribution in [3.63, 3.8) is 0 Å². The van der Waals surface area contributed by atoms with E-state index in [0.717, 1.165) is 5.56 Å².